The summed E-state index contributed by atoms with van der Waals surface area (Å²) in [5.74, 6) is 2.32. The molecule has 0 amide bonds. The van der Waals surface area contributed by atoms with Crippen LogP contribution in [0, 0.1) is 13.8 Å². The number of anilines is 2. The Kier molecular flexibility index (Phi) is 15.9. The van der Waals surface area contributed by atoms with E-state index in [0.29, 0.717) is 76.7 Å². The van der Waals surface area contributed by atoms with Crippen molar-refractivity contribution in [1.82, 2.24) is 29.5 Å². The van der Waals surface area contributed by atoms with Crippen molar-refractivity contribution in [3.8, 4) is 22.8 Å². The fourth-order valence-corrected chi connectivity index (χ4v) is 11.1. The van der Waals surface area contributed by atoms with Crippen molar-refractivity contribution in [3.63, 3.8) is 0 Å². The average Bonchev–Trinajstić information content (AvgIpc) is 3.69. The van der Waals surface area contributed by atoms with Crippen LogP contribution >= 0.6 is 0 Å². The minimum atomic E-state index is -2.81. The molecule has 0 aliphatic heterocycles. The van der Waals surface area contributed by atoms with Gasteiger partial charge in [-0.3, -0.25) is 5.32 Å². The van der Waals surface area contributed by atoms with Gasteiger partial charge >= 0.3 is 17.6 Å². The van der Waals surface area contributed by atoms with Crippen molar-refractivity contribution in [2.45, 2.75) is 93.4 Å². The van der Waals surface area contributed by atoms with E-state index in [4.69, 9.17) is 46.7 Å². The highest BCUT2D eigenvalue weighted by Gasteiger charge is 2.40. The third-order valence-corrected chi connectivity index (χ3v) is 14.4. The van der Waals surface area contributed by atoms with Gasteiger partial charge in [-0.15, -0.1) is 10.2 Å². The van der Waals surface area contributed by atoms with Crippen molar-refractivity contribution in [3.05, 3.63) is 59.7 Å². The summed E-state index contributed by atoms with van der Waals surface area (Å²) >= 11 is 0. The first-order valence-electron chi connectivity index (χ1n) is 18.4. The number of nitrogens with zero attached hydrogens (tertiary/aromatic N) is 6. The van der Waals surface area contributed by atoms with Gasteiger partial charge in [-0.05, 0) is 68.2 Å². The summed E-state index contributed by atoms with van der Waals surface area (Å²) in [4.78, 5) is 9.87. The molecule has 0 saturated heterocycles. The third kappa shape index (κ3) is 11.3. The van der Waals surface area contributed by atoms with Gasteiger partial charge in [0.1, 0.15) is 0 Å². The van der Waals surface area contributed by atoms with Crippen molar-refractivity contribution >= 4 is 29.5 Å². The zero-order chi connectivity index (χ0) is 36.7. The van der Waals surface area contributed by atoms with Crippen molar-refractivity contribution < 1.29 is 26.6 Å². The van der Waals surface area contributed by atoms with Crippen LogP contribution in [0.3, 0.4) is 0 Å². The molecule has 0 bridgehead atoms. The maximum Gasteiger partial charge on any atom is 0.500 e. The van der Waals surface area contributed by atoms with Crippen LogP contribution in [0.1, 0.15) is 65.5 Å². The van der Waals surface area contributed by atoms with E-state index in [1.807, 2.05) is 50.9 Å². The van der Waals surface area contributed by atoms with Crippen LogP contribution in [0.2, 0.25) is 12.1 Å². The van der Waals surface area contributed by atoms with Gasteiger partial charge in [-0.1, -0.05) is 59.7 Å². The maximum atomic E-state index is 6.10. The van der Waals surface area contributed by atoms with Gasteiger partial charge in [0.15, 0.2) is 11.6 Å². The number of aryl methyl sites for hydroxylation is 4. The van der Waals surface area contributed by atoms with Gasteiger partial charge in [0, 0.05) is 75.9 Å². The Morgan fingerprint density at radius 3 is 1.12 bits per heavy atom. The number of hydrogen-bond acceptors (Lipinski definition) is 11. The highest BCUT2D eigenvalue weighted by molar-refractivity contribution is 6.61. The first-order chi connectivity index (χ1) is 24.7. The fraction of sp³-hybridized carbons (Fsp3) is 0.556. The molecule has 0 spiro atoms. The molecule has 51 heavy (non-hydrogen) atoms. The number of nitrogens with one attached hydrogen (secondary N) is 1. The molecule has 0 fully saturated rings. The molecule has 13 nitrogen and oxygen atoms in total. The van der Waals surface area contributed by atoms with E-state index >= 15 is 0 Å². The molecule has 4 aromatic rings. The van der Waals surface area contributed by atoms with Crippen LogP contribution in [-0.4, -0.2) is 86.8 Å². The lowest BCUT2D eigenvalue weighted by Crippen LogP contribution is -2.46. The van der Waals surface area contributed by atoms with Gasteiger partial charge in [-0.2, -0.15) is 9.97 Å². The molecule has 2 aromatic carbocycles. The summed E-state index contributed by atoms with van der Waals surface area (Å²) < 4.78 is 40.4. The maximum absolute atomic E-state index is 6.10. The van der Waals surface area contributed by atoms with E-state index in [0.717, 1.165) is 35.6 Å². The van der Waals surface area contributed by atoms with Gasteiger partial charge in [0.05, 0.1) is 0 Å². The minimum Gasteiger partial charge on any atom is -0.374 e. The molecule has 2 aromatic heterocycles. The second-order valence-electron chi connectivity index (χ2n) is 12.0. The Bertz CT molecular complexity index is 1450. The molecular formula is C36H57N7O6Si2. The molecular weight excluding hydrogens is 683 g/mol. The SMILES string of the molecule is CCO[Si](CCCn1nc(Nc2nc(-c3ccc(C)cc3)n(CCC[Si](OCC)(OCC)OCC)n2)nc1-c1ccc(C)cc1)(OCC)OCC. The van der Waals surface area contributed by atoms with Crippen LogP contribution in [0.15, 0.2) is 48.5 Å². The molecule has 15 heteroatoms. The highest BCUT2D eigenvalue weighted by atomic mass is 28.4. The lowest BCUT2D eigenvalue weighted by atomic mass is 10.1. The molecule has 0 radical (unpaired) electrons. The third-order valence-electron chi connectivity index (χ3n) is 8.08. The van der Waals surface area contributed by atoms with E-state index in [1.165, 1.54) is 11.1 Å². The molecule has 280 valence electrons. The summed E-state index contributed by atoms with van der Waals surface area (Å²) in [5.41, 5.74) is 4.28. The van der Waals surface area contributed by atoms with Crippen LogP contribution in [0.25, 0.3) is 22.8 Å². The Morgan fingerprint density at radius 2 is 0.824 bits per heavy atom. The zero-order valence-electron chi connectivity index (χ0n) is 31.7. The minimum absolute atomic E-state index is 0.413. The monoisotopic (exact) mass is 739 g/mol. The predicted molar refractivity (Wildman–Crippen MR) is 204 cm³/mol. The van der Waals surface area contributed by atoms with Crippen molar-refractivity contribution in [2.24, 2.45) is 0 Å². The summed E-state index contributed by atoms with van der Waals surface area (Å²) in [6.45, 7) is 20.4. The summed E-state index contributed by atoms with van der Waals surface area (Å²) in [5, 5.41) is 13.1. The lowest BCUT2D eigenvalue weighted by Gasteiger charge is -2.28. The van der Waals surface area contributed by atoms with Crippen LogP contribution < -0.4 is 5.32 Å². The normalized spacial score (nSPS) is 12.2. The molecule has 0 aliphatic rings. The molecule has 4 rings (SSSR count). The molecule has 0 saturated carbocycles. The van der Waals surface area contributed by atoms with Gasteiger partial charge in [0.2, 0.25) is 11.9 Å². The van der Waals surface area contributed by atoms with Gasteiger partial charge in [0.25, 0.3) is 0 Å². The van der Waals surface area contributed by atoms with Gasteiger partial charge in [-0.25, -0.2) is 9.36 Å². The zero-order valence-corrected chi connectivity index (χ0v) is 33.7. The molecule has 0 unspecified atom stereocenters. The number of aromatic nitrogens is 6. The summed E-state index contributed by atoms with van der Waals surface area (Å²) in [6.07, 6.45) is 1.49. The molecule has 1 N–H and O–H groups in total. The second kappa shape index (κ2) is 20.1. The van der Waals surface area contributed by atoms with Crippen LogP contribution in [0.4, 0.5) is 11.9 Å². The average molecular weight is 740 g/mol. The quantitative estimate of drug-likeness (QED) is 0.0720. The second-order valence-corrected chi connectivity index (χ2v) is 17.5. The predicted octanol–water partition coefficient (Wildman–Crippen LogP) is 7.44. The molecule has 2 heterocycles. The Balaban J connectivity index is 1.61. The van der Waals surface area contributed by atoms with E-state index in [9.17, 15) is 0 Å². The first-order valence-corrected chi connectivity index (χ1v) is 22.2. The lowest BCUT2D eigenvalue weighted by molar-refractivity contribution is 0.0696. The van der Waals surface area contributed by atoms with Crippen LogP contribution in [0.5, 0.6) is 0 Å². The molecule has 0 aliphatic carbocycles. The van der Waals surface area contributed by atoms with Crippen LogP contribution in [-0.2, 0) is 39.6 Å². The number of benzene rings is 2. The van der Waals surface area contributed by atoms with E-state index in [-0.39, 0.29) is 0 Å². The van der Waals surface area contributed by atoms with Crippen molar-refractivity contribution in [2.75, 3.05) is 45.0 Å². The van der Waals surface area contributed by atoms with Gasteiger partial charge < -0.3 is 26.6 Å². The molecule has 0 atom stereocenters. The smallest absolute Gasteiger partial charge is 0.374 e. The van der Waals surface area contributed by atoms with E-state index in [1.54, 1.807) is 0 Å². The number of rotatable bonds is 24. The first kappa shape index (κ1) is 40.5. The fourth-order valence-electron chi connectivity index (χ4n) is 5.93. The topological polar surface area (TPSA) is 129 Å². The Hall–Kier alpha value is -3.29. The largest absolute Gasteiger partial charge is 0.500 e. The summed E-state index contributed by atoms with van der Waals surface area (Å²) in [7, 11) is -5.61. The Labute approximate surface area is 305 Å². The standard InChI is InChI=1S/C36H57N7O6Si2/c1-9-44-50(45-10-2,46-11-3)27-15-25-42-33(31-21-17-29(7)18-22-31)37-35(40-42)39-36-38-34(32-23-19-30(8)20-24-32)43(41-36)26-16-28-51(47-12-4,48-13-5)49-14-6/h17-24H,9-16,25-28H2,1-8H3,(H,39,40,41). The number of hydrogen-bond donors (Lipinski definition) is 1. The Morgan fingerprint density at radius 1 is 0.510 bits per heavy atom. The summed E-state index contributed by atoms with van der Waals surface area (Å²) in [6, 6.07) is 17.9. The highest BCUT2D eigenvalue weighted by Crippen LogP contribution is 2.26. The van der Waals surface area contributed by atoms with Crippen molar-refractivity contribution in [1.29, 1.82) is 0 Å². The van der Waals surface area contributed by atoms with E-state index in [2.05, 4.69) is 67.7 Å². The van der Waals surface area contributed by atoms with E-state index < -0.39 is 17.6 Å².